The van der Waals surface area contributed by atoms with Crippen LogP contribution >= 0.6 is 0 Å². The highest BCUT2D eigenvalue weighted by Crippen LogP contribution is 2.27. The predicted octanol–water partition coefficient (Wildman–Crippen LogP) is 3.03. The van der Waals surface area contributed by atoms with E-state index in [0.717, 1.165) is 12.3 Å². The van der Waals surface area contributed by atoms with Crippen molar-refractivity contribution in [3.63, 3.8) is 0 Å². The number of hydrogen-bond donors (Lipinski definition) is 1. The van der Waals surface area contributed by atoms with Gasteiger partial charge in [0.25, 0.3) is 0 Å². The summed E-state index contributed by atoms with van der Waals surface area (Å²) < 4.78 is 0. The molecule has 1 amide bonds. The van der Waals surface area contributed by atoms with Gasteiger partial charge in [-0.25, -0.2) is 0 Å². The molecule has 1 aliphatic rings. The van der Waals surface area contributed by atoms with E-state index in [0.29, 0.717) is 30.8 Å². The van der Waals surface area contributed by atoms with Gasteiger partial charge in [-0.05, 0) is 56.4 Å². The first-order valence-corrected chi connectivity index (χ1v) is 7.89. The van der Waals surface area contributed by atoms with Crippen molar-refractivity contribution < 1.29 is 4.79 Å². The zero-order valence-corrected chi connectivity index (χ0v) is 13.2. The fraction of sp³-hybridized carbons (Fsp3) is 0.938. The molecule has 1 rings (SSSR count). The molecule has 112 valence electrons. The second-order valence-corrected chi connectivity index (χ2v) is 6.85. The Balaban J connectivity index is 2.42. The lowest BCUT2D eigenvalue weighted by Gasteiger charge is -2.34. The summed E-state index contributed by atoms with van der Waals surface area (Å²) in [6.45, 7) is 7.32. The Morgan fingerprint density at radius 2 is 1.84 bits per heavy atom. The van der Waals surface area contributed by atoms with Crippen molar-refractivity contribution in [2.24, 2.45) is 23.5 Å². The molecule has 3 heteroatoms. The van der Waals surface area contributed by atoms with Crippen LogP contribution in [0.15, 0.2) is 0 Å². The quantitative estimate of drug-likeness (QED) is 0.805. The van der Waals surface area contributed by atoms with E-state index in [1.54, 1.807) is 0 Å². The van der Waals surface area contributed by atoms with E-state index in [1.165, 1.54) is 25.7 Å². The summed E-state index contributed by atoms with van der Waals surface area (Å²) in [5.74, 6) is 2.08. The largest absolute Gasteiger partial charge is 0.343 e. The van der Waals surface area contributed by atoms with Crippen LogP contribution in [0, 0.1) is 17.8 Å². The highest BCUT2D eigenvalue weighted by atomic mass is 16.2. The highest BCUT2D eigenvalue weighted by molar-refractivity contribution is 5.76. The number of hydrogen-bond acceptors (Lipinski definition) is 2. The minimum atomic E-state index is 0.288. The Labute approximate surface area is 118 Å². The zero-order valence-electron chi connectivity index (χ0n) is 13.2. The first-order chi connectivity index (χ1) is 8.93. The number of carbonyl (C=O) groups excluding carboxylic acids is 1. The van der Waals surface area contributed by atoms with Crippen molar-refractivity contribution in [1.29, 1.82) is 0 Å². The van der Waals surface area contributed by atoms with E-state index in [4.69, 9.17) is 5.73 Å². The van der Waals surface area contributed by atoms with E-state index < -0.39 is 0 Å². The third-order valence-electron chi connectivity index (χ3n) is 4.53. The van der Waals surface area contributed by atoms with Crippen LogP contribution < -0.4 is 5.73 Å². The van der Waals surface area contributed by atoms with E-state index in [9.17, 15) is 4.79 Å². The van der Waals surface area contributed by atoms with Crippen molar-refractivity contribution in [2.45, 2.75) is 65.3 Å². The Hall–Kier alpha value is -0.570. The fourth-order valence-electron chi connectivity index (χ4n) is 3.15. The molecule has 1 unspecified atom stereocenters. The summed E-state index contributed by atoms with van der Waals surface area (Å²) in [7, 11) is 1.98. The molecule has 2 N–H and O–H groups in total. The molecule has 3 nitrogen and oxygen atoms in total. The maximum atomic E-state index is 12.3. The zero-order chi connectivity index (χ0) is 14.4. The number of carbonyl (C=O) groups is 1. The Morgan fingerprint density at radius 1 is 1.26 bits per heavy atom. The van der Waals surface area contributed by atoms with E-state index in [-0.39, 0.29) is 5.91 Å². The molecule has 0 aromatic carbocycles. The van der Waals surface area contributed by atoms with Crippen LogP contribution in [-0.4, -0.2) is 30.4 Å². The van der Waals surface area contributed by atoms with Crippen LogP contribution in [-0.2, 0) is 4.79 Å². The minimum Gasteiger partial charge on any atom is -0.343 e. The van der Waals surface area contributed by atoms with Gasteiger partial charge in [-0.1, -0.05) is 20.8 Å². The van der Waals surface area contributed by atoms with Gasteiger partial charge in [0.2, 0.25) is 5.91 Å². The van der Waals surface area contributed by atoms with Gasteiger partial charge in [0.15, 0.2) is 0 Å². The molecule has 1 atom stereocenters. The third-order valence-corrected chi connectivity index (χ3v) is 4.53. The lowest BCUT2D eigenvalue weighted by atomic mass is 9.86. The molecule has 0 saturated heterocycles. The van der Waals surface area contributed by atoms with Crippen LogP contribution in [0.3, 0.4) is 0 Å². The molecule has 0 heterocycles. The summed E-state index contributed by atoms with van der Waals surface area (Å²) in [6.07, 6.45) is 6.53. The second-order valence-electron chi connectivity index (χ2n) is 6.85. The van der Waals surface area contributed by atoms with Crippen LogP contribution in [0.2, 0.25) is 0 Å². The minimum absolute atomic E-state index is 0.288. The van der Waals surface area contributed by atoms with E-state index >= 15 is 0 Å². The molecule has 0 spiro atoms. The summed E-state index contributed by atoms with van der Waals surface area (Å²) in [5.41, 5.74) is 5.80. The molecule has 0 aromatic rings. The molecule has 1 saturated carbocycles. The molecule has 19 heavy (non-hydrogen) atoms. The van der Waals surface area contributed by atoms with Crippen molar-refractivity contribution in [1.82, 2.24) is 4.90 Å². The van der Waals surface area contributed by atoms with Crippen molar-refractivity contribution >= 4 is 5.91 Å². The molecular formula is C16H32N2O. The molecule has 0 bridgehead atoms. The van der Waals surface area contributed by atoms with Crippen LogP contribution in [0.1, 0.15) is 59.3 Å². The van der Waals surface area contributed by atoms with E-state index in [2.05, 4.69) is 20.8 Å². The van der Waals surface area contributed by atoms with Gasteiger partial charge in [-0.15, -0.1) is 0 Å². The van der Waals surface area contributed by atoms with Gasteiger partial charge in [-0.3, -0.25) is 4.79 Å². The van der Waals surface area contributed by atoms with Crippen molar-refractivity contribution in [2.75, 3.05) is 13.6 Å². The van der Waals surface area contributed by atoms with Crippen LogP contribution in [0.5, 0.6) is 0 Å². The third kappa shape index (κ3) is 5.52. The highest BCUT2D eigenvalue weighted by Gasteiger charge is 2.26. The summed E-state index contributed by atoms with van der Waals surface area (Å²) in [5, 5.41) is 0. The number of rotatable bonds is 6. The Morgan fingerprint density at radius 3 is 2.32 bits per heavy atom. The standard InChI is InChI=1S/C16H32N2O/c1-12(2)9-14(11-17)10-16(19)18(4)15-7-5-13(3)6-8-15/h12-15H,5-11,17H2,1-4H3. The van der Waals surface area contributed by atoms with Gasteiger partial charge in [0, 0.05) is 19.5 Å². The molecule has 0 aromatic heterocycles. The Kier molecular flexibility index (Phi) is 6.84. The fourth-order valence-corrected chi connectivity index (χ4v) is 3.15. The van der Waals surface area contributed by atoms with Gasteiger partial charge in [0.1, 0.15) is 0 Å². The number of amides is 1. The summed E-state index contributed by atoms with van der Waals surface area (Å²) >= 11 is 0. The predicted molar refractivity (Wildman–Crippen MR) is 80.8 cm³/mol. The average molecular weight is 268 g/mol. The van der Waals surface area contributed by atoms with Gasteiger partial charge >= 0.3 is 0 Å². The topological polar surface area (TPSA) is 46.3 Å². The number of nitrogens with two attached hydrogens (primary N) is 1. The van der Waals surface area contributed by atoms with Crippen molar-refractivity contribution in [3.8, 4) is 0 Å². The number of nitrogens with zero attached hydrogens (tertiary/aromatic N) is 1. The Bertz CT molecular complexity index is 270. The normalized spacial score (nSPS) is 25.4. The van der Waals surface area contributed by atoms with Crippen LogP contribution in [0.25, 0.3) is 0 Å². The van der Waals surface area contributed by atoms with Crippen molar-refractivity contribution in [3.05, 3.63) is 0 Å². The average Bonchev–Trinajstić information content (AvgIpc) is 2.37. The smallest absolute Gasteiger partial charge is 0.222 e. The monoisotopic (exact) mass is 268 g/mol. The van der Waals surface area contributed by atoms with Gasteiger partial charge < -0.3 is 10.6 Å². The summed E-state index contributed by atoms with van der Waals surface area (Å²) in [4.78, 5) is 14.3. The molecular weight excluding hydrogens is 236 g/mol. The first kappa shape index (κ1) is 16.5. The first-order valence-electron chi connectivity index (χ1n) is 7.89. The van der Waals surface area contributed by atoms with Gasteiger partial charge in [-0.2, -0.15) is 0 Å². The maximum Gasteiger partial charge on any atom is 0.222 e. The summed E-state index contributed by atoms with van der Waals surface area (Å²) in [6, 6.07) is 0.459. The van der Waals surface area contributed by atoms with E-state index in [1.807, 2.05) is 11.9 Å². The van der Waals surface area contributed by atoms with Gasteiger partial charge in [0.05, 0.1) is 0 Å². The maximum absolute atomic E-state index is 12.3. The molecule has 0 aliphatic heterocycles. The lowest BCUT2D eigenvalue weighted by Crippen LogP contribution is -2.40. The molecule has 0 radical (unpaired) electrons. The SMILES string of the molecule is CC(C)CC(CN)CC(=O)N(C)C1CCC(C)CC1. The molecule has 1 fully saturated rings. The lowest BCUT2D eigenvalue weighted by molar-refractivity contribution is -0.133. The molecule has 1 aliphatic carbocycles. The van der Waals surface area contributed by atoms with Crippen LogP contribution in [0.4, 0.5) is 0 Å². The second kappa shape index (κ2) is 7.88.